The first-order valence-corrected chi connectivity index (χ1v) is 5.90. The van der Waals surface area contributed by atoms with E-state index in [4.69, 9.17) is 5.26 Å². The van der Waals surface area contributed by atoms with Crippen molar-refractivity contribution in [3.05, 3.63) is 35.4 Å². The van der Waals surface area contributed by atoms with Crippen LogP contribution in [0.1, 0.15) is 44.4 Å². The number of aryl methyl sites for hydroxylation is 1. The molecule has 0 radical (unpaired) electrons. The largest absolute Gasteiger partial charge is 0.196 e. The maximum atomic E-state index is 9.00. The van der Waals surface area contributed by atoms with Gasteiger partial charge in [0.25, 0.3) is 0 Å². The van der Waals surface area contributed by atoms with Crippen molar-refractivity contribution in [1.29, 1.82) is 5.26 Å². The fourth-order valence-corrected chi connectivity index (χ4v) is 1.30. The van der Waals surface area contributed by atoms with Gasteiger partial charge >= 0.3 is 0 Å². The molecule has 0 N–H and O–H groups in total. The van der Waals surface area contributed by atoms with Crippen molar-refractivity contribution in [2.45, 2.75) is 45.7 Å². The van der Waals surface area contributed by atoms with E-state index in [2.05, 4.69) is 47.5 Å². The maximum Gasteiger partial charge on any atom is 0.164 e. The summed E-state index contributed by atoms with van der Waals surface area (Å²) in [4.78, 5) is 0. The van der Waals surface area contributed by atoms with Crippen LogP contribution in [0.5, 0.6) is 0 Å². The molecule has 1 aromatic carbocycles. The monoisotopic (exact) mass is 229 g/mol. The minimum absolute atomic E-state index is 0.00479. The van der Waals surface area contributed by atoms with Crippen molar-refractivity contribution in [3.63, 3.8) is 0 Å². The molecule has 1 aromatic rings. The summed E-state index contributed by atoms with van der Waals surface area (Å²) < 4.78 is 0. The third kappa shape index (κ3) is 3.67. The van der Waals surface area contributed by atoms with Gasteiger partial charge in [0.05, 0.1) is 12.1 Å². The molecule has 0 aliphatic rings. The molecule has 0 spiro atoms. The van der Waals surface area contributed by atoms with E-state index in [1.54, 1.807) is 6.92 Å². The zero-order chi connectivity index (χ0) is 12.9. The van der Waals surface area contributed by atoms with E-state index in [1.807, 2.05) is 13.8 Å². The SMILES string of the molecule is CCC(C)(C#N)/N=N/C(C)c1ccc(C)cc1. The molecular weight excluding hydrogens is 210 g/mol. The van der Waals surface area contributed by atoms with E-state index < -0.39 is 5.54 Å². The third-order valence-electron chi connectivity index (χ3n) is 2.94. The van der Waals surface area contributed by atoms with E-state index >= 15 is 0 Å². The van der Waals surface area contributed by atoms with Crippen LogP contribution in [-0.4, -0.2) is 5.54 Å². The third-order valence-corrected chi connectivity index (χ3v) is 2.94. The van der Waals surface area contributed by atoms with Crippen LogP contribution in [0.15, 0.2) is 34.5 Å². The van der Waals surface area contributed by atoms with E-state index in [0.717, 1.165) is 5.56 Å². The number of rotatable bonds is 4. The summed E-state index contributed by atoms with van der Waals surface area (Å²) in [6.45, 7) is 7.79. The van der Waals surface area contributed by atoms with Gasteiger partial charge in [0.1, 0.15) is 0 Å². The van der Waals surface area contributed by atoms with Crippen molar-refractivity contribution < 1.29 is 0 Å². The van der Waals surface area contributed by atoms with Crippen molar-refractivity contribution in [3.8, 4) is 6.07 Å². The summed E-state index contributed by atoms with van der Waals surface area (Å²) in [5.74, 6) is 0. The van der Waals surface area contributed by atoms with Gasteiger partial charge in [-0.15, -0.1) is 0 Å². The lowest BCUT2D eigenvalue weighted by molar-refractivity contribution is 0.523. The standard InChI is InChI=1S/C14H19N3/c1-5-14(4,10-15)17-16-12(3)13-8-6-11(2)7-9-13/h6-9,12H,5H2,1-4H3/b17-16+. The summed E-state index contributed by atoms with van der Waals surface area (Å²) in [6.07, 6.45) is 0.674. The second-order valence-electron chi connectivity index (χ2n) is 4.54. The molecule has 2 atom stereocenters. The van der Waals surface area contributed by atoms with Crippen LogP contribution in [0.2, 0.25) is 0 Å². The van der Waals surface area contributed by atoms with Gasteiger partial charge in [0.2, 0.25) is 0 Å². The van der Waals surface area contributed by atoms with Crippen LogP contribution in [-0.2, 0) is 0 Å². The highest BCUT2D eigenvalue weighted by atomic mass is 15.2. The number of azo groups is 1. The molecule has 90 valence electrons. The lowest BCUT2D eigenvalue weighted by Crippen LogP contribution is -2.16. The first kappa shape index (κ1) is 13.4. The molecule has 0 fully saturated rings. The molecule has 17 heavy (non-hydrogen) atoms. The topological polar surface area (TPSA) is 48.5 Å². The second kappa shape index (κ2) is 5.58. The minimum atomic E-state index is -0.695. The Balaban J connectivity index is 2.79. The molecule has 0 bridgehead atoms. The van der Waals surface area contributed by atoms with Gasteiger partial charge in [-0.05, 0) is 32.8 Å². The Morgan fingerprint density at radius 2 is 1.94 bits per heavy atom. The molecule has 0 heterocycles. The number of nitriles is 1. The number of nitrogens with zero attached hydrogens (tertiary/aromatic N) is 3. The van der Waals surface area contributed by atoms with Gasteiger partial charge in [-0.3, -0.25) is 0 Å². The van der Waals surface area contributed by atoms with Gasteiger partial charge in [0.15, 0.2) is 5.54 Å². The Labute approximate surface area is 103 Å². The number of benzene rings is 1. The lowest BCUT2D eigenvalue weighted by atomic mass is 10.0. The smallest absolute Gasteiger partial charge is 0.164 e. The van der Waals surface area contributed by atoms with E-state index in [1.165, 1.54) is 5.56 Å². The number of hydrogen-bond acceptors (Lipinski definition) is 3. The Morgan fingerprint density at radius 1 is 1.35 bits per heavy atom. The molecule has 3 nitrogen and oxygen atoms in total. The van der Waals surface area contributed by atoms with Gasteiger partial charge in [-0.1, -0.05) is 36.8 Å². The summed E-state index contributed by atoms with van der Waals surface area (Å²) in [5, 5.41) is 17.4. The average Bonchev–Trinajstić information content (AvgIpc) is 2.36. The highest BCUT2D eigenvalue weighted by molar-refractivity contribution is 5.23. The van der Waals surface area contributed by atoms with Crippen molar-refractivity contribution in [2.24, 2.45) is 10.2 Å². The molecule has 0 aliphatic heterocycles. The summed E-state index contributed by atoms with van der Waals surface area (Å²) in [6, 6.07) is 10.4. The first-order valence-electron chi connectivity index (χ1n) is 5.90. The zero-order valence-corrected chi connectivity index (χ0v) is 10.9. The van der Waals surface area contributed by atoms with Crippen LogP contribution >= 0.6 is 0 Å². The lowest BCUT2D eigenvalue weighted by Gasteiger charge is -2.13. The van der Waals surface area contributed by atoms with Crippen molar-refractivity contribution in [2.75, 3.05) is 0 Å². The van der Waals surface area contributed by atoms with Crippen molar-refractivity contribution in [1.82, 2.24) is 0 Å². The quantitative estimate of drug-likeness (QED) is 0.714. The van der Waals surface area contributed by atoms with Crippen molar-refractivity contribution >= 4 is 0 Å². The fourth-order valence-electron chi connectivity index (χ4n) is 1.30. The predicted molar refractivity (Wildman–Crippen MR) is 68.8 cm³/mol. The van der Waals surface area contributed by atoms with Gasteiger partial charge < -0.3 is 0 Å². The molecule has 0 amide bonds. The predicted octanol–water partition coefficient (Wildman–Crippen LogP) is 4.20. The Bertz CT molecular complexity index is 428. The Hall–Kier alpha value is -1.69. The van der Waals surface area contributed by atoms with E-state index in [0.29, 0.717) is 6.42 Å². The molecule has 2 unspecified atom stereocenters. The zero-order valence-electron chi connectivity index (χ0n) is 10.9. The van der Waals surface area contributed by atoms with Crippen LogP contribution in [0.4, 0.5) is 0 Å². The molecule has 1 rings (SSSR count). The maximum absolute atomic E-state index is 9.00. The fraction of sp³-hybridized carbons (Fsp3) is 0.500. The average molecular weight is 229 g/mol. The van der Waals surface area contributed by atoms with E-state index in [9.17, 15) is 0 Å². The van der Waals surface area contributed by atoms with Crippen LogP contribution in [0.3, 0.4) is 0 Å². The second-order valence-corrected chi connectivity index (χ2v) is 4.54. The minimum Gasteiger partial charge on any atom is -0.196 e. The van der Waals surface area contributed by atoms with Crippen LogP contribution < -0.4 is 0 Å². The molecule has 0 saturated carbocycles. The Kier molecular flexibility index (Phi) is 4.39. The summed E-state index contributed by atoms with van der Waals surface area (Å²) >= 11 is 0. The number of hydrogen-bond donors (Lipinski definition) is 0. The van der Waals surface area contributed by atoms with Crippen LogP contribution in [0.25, 0.3) is 0 Å². The molecule has 3 heteroatoms. The molecule has 0 aromatic heterocycles. The molecule has 0 saturated heterocycles. The first-order chi connectivity index (χ1) is 8.00. The molecule has 0 aliphatic carbocycles. The normalized spacial score (nSPS) is 16.4. The van der Waals surface area contributed by atoms with Crippen LogP contribution in [0, 0.1) is 18.3 Å². The van der Waals surface area contributed by atoms with Gasteiger partial charge in [-0.2, -0.15) is 15.5 Å². The summed E-state index contributed by atoms with van der Waals surface area (Å²) in [7, 11) is 0. The summed E-state index contributed by atoms with van der Waals surface area (Å²) in [5.41, 5.74) is 1.66. The van der Waals surface area contributed by atoms with E-state index in [-0.39, 0.29) is 6.04 Å². The molecular formula is C14H19N3. The van der Waals surface area contributed by atoms with Gasteiger partial charge in [0, 0.05) is 0 Å². The highest BCUT2D eigenvalue weighted by Gasteiger charge is 2.20. The highest BCUT2D eigenvalue weighted by Crippen LogP contribution is 2.21. The van der Waals surface area contributed by atoms with Gasteiger partial charge in [-0.25, -0.2) is 0 Å². The Morgan fingerprint density at radius 3 is 2.41 bits per heavy atom.